The Bertz CT molecular complexity index is 1070. The molecule has 0 aliphatic carbocycles. The molecule has 58 heavy (non-hydrogen) atoms. The van der Waals surface area contributed by atoms with Gasteiger partial charge in [0.1, 0.15) is 6.61 Å². The third-order valence-corrected chi connectivity index (χ3v) is 11.1. The third kappa shape index (κ3) is 42.3. The predicted octanol–water partition coefficient (Wildman–Crippen LogP) is 12.7. The van der Waals surface area contributed by atoms with Crippen molar-refractivity contribution < 1.29 is 42.7 Å². The third-order valence-electron chi connectivity index (χ3n) is 10.1. The maximum absolute atomic E-state index is 12.6. The lowest BCUT2D eigenvalue weighted by Gasteiger charge is -2.19. The van der Waals surface area contributed by atoms with Gasteiger partial charge in [0.2, 0.25) is 0 Å². The summed E-state index contributed by atoms with van der Waals surface area (Å²) in [6, 6.07) is 0. The zero-order chi connectivity index (χ0) is 42.6. The quantitative estimate of drug-likeness (QED) is 0.0177. The van der Waals surface area contributed by atoms with Crippen molar-refractivity contribution in [1.29, 1.82) is 0 Å². The number of hydrogen-bond donors (Lipinski definition) is 3. The van der Waals surface area contributed by atoms with Crippen molar-refractivity contribution in [1.82, 2.24) is 0 Å². The van der Waals surface area contributed by atoms with E-state index in [0.717, 1.165) is 57.8 Å². The Kier molecular flexibility index (Phi) is 41.9. The molecule has 0 rings (SSSR count). The molecule has 0 saturated carbocycles. The lowest BCUT2D eigenvalue weighted by atomic mass is 10.0. The van der Waals surface area contributed by atoms with Crippen molar-refractivity contribution in [2.24, 2.45) is 5.73 Å². The standard InChI is InChI=1S/C47H88NO9P/c1-3-5-7-8-9-10-11-12-13-14-15-16-17-18-19-20-21-24-28-31-35-39-47(51)57-45(43-56-58(52,53)55-41-40-48)42-54-46(50)38-34-30-27-25-22-23-26-29-33-37-44(49)36-32-6-4-2/h6,26,29,32-33,37,44-45,49H,3-5,7-25,27-28,30-31,34-36,38-43,48H2,1-2H3,(H,52,53)/b29-26+,32-6+,37-33+/t44?,45-/m1/s1. The first-order chi connectivity index (χ1) is 28.2. The lowest BCUT2D eigenvalue weighted by molar-refractivity contribution is -0.161. The maximum atomic E-state index is 12.6. The number of aliphatic hydroxyl groups is 1. The Morgan fingerprint density at radius 2 is 1.09 bits per heavy atom. The fraction of sp³-hybridized carbons (Fsp3) is 0.830. The lowest BCUT2D eigenvalue weighted by Crippen LogP contribution is -2.29. The molecule has 340 valence electrons. The first-order valence-electron chi connectivity index (χ1n) is 23.6. The van der Waals surface area contributed by atoms with Crippen LogP contribution in [0.4, 0.5) is 0 Å². The van der Waals surface area contributed by atoms with Crippen molar-refractivity contribution in [3.05, 3.63) is 36.5 Å². The van der Waals surface area contributed by atoms with Crippen LogP contribution in [0, 0.1) is 0 Å². The zero-order valence-electron chi connectivity index (χ0n) is 37.1. The number of nitrogens with two attached hydrogens (primary N) is 1. The SMILES string of the molecule is CC/C=C/CC(O)/C=C/C=C/CCCCCCCC(=O)OC[C@H](COP(=O)(O)OCCN)OC(=O)CCCCCCCCCCCCCCCCCCCCCCC. The summed E-state index contributed by atoms with van der Waals surface area (Å²) in [5.74, 6) is -0.875. The molecule has 3 atom stereocenters. The van der Waals surface area contributed by atoms with E-state index in [1.165, 1.54) is 109 Å². The Balaban J connectivity index is 4.11. The van der Waals surface area contributed by atoms with Crippen molar-refractivity contribution in [3.63, 3.8) is 0 Å². The van der Waals surface area contributed by atoms with Gasteiger partial charge in [-0.15, -0.1) is 0 Å². The molecule has 0 radical (unpaired) electrons. The second-order valence-electron chi connectivity index (χ2n) is 15.8. The smallest absolute Gasteiger partial charge is 0.462 e. The summed E-state index contributed by atoms with van der Waals surface area (Å²) in [6.07, 6.45) is 45.1. The first kappa shape index (κ1) is 56.2. The predicted molar refractivity (Wildman–Crippen MR) is 240 cm³/mol. The van der Waals surface area contributed by atoms with E-state index in [-0.39, 0.29) is 32.6 Å². The van der Waals surface area contributed by atoms with Crippen LogP contribution in [-0.4, -0.2) is 60.5 Å². The number of carbonyl (C=O) groups is 2. The summed E-state index contributed by atoms with van der Waals surface area (Å²) in [4.78, 5) is 34.9. The molecule has 0 bridgehead atoms. The average Bonchev–Trinajstić information content (AvgIpc) is 3.20. The molecule has 0 aromatic heterocycles. The van der Waals surface area contributed by atoms with Crippen LogP contribution < -0.4 is 5.73 Å². The minimum absolute atomic E-state index is 0.0431. The summed E-state index contributed by atoms with van der Waals surface area (Å²) in [5.41, 5.74) is 5.35. The van der Waals surface area contributed by atoms with Crippen molar-refractivity contribution in [2.75, 3.05) is 26.4 Å². The molecule has 10 nitrogen and oxygen atoms in total. The molecule has 0 aromatic rings. The van der Waals surface area contributed by atoms with Gasteiger partial charge < -0.3 is 25.2 Å². The Labute approximate surface area is 355 Å². The molecule has 0 amide bonds. The molecule has 4 N–H and O–H groups in total. The van der Waals surface area contributed by atoms with Crippen LogP contribution in [-0.2, 0) is 32.7 Å². The van der Waals surface area contributed by atoms with E-state index in [4.69, 9.17) is 24.3 Å². The van der Waals surface area contributed by atoms with Crippen LogP contribution in [0.25, 0.3) is 0 Å². The Morgan fingerprint density at radius 1 is 0.603 bits per heavy atom. The van der Waals surface area contributed by atoms with E-state index in [0.29, 0.717) is 19.3 Å². The monoisotopic (exact) mass is 842 g/mol. The van der Waals surface area contributed by atoms with Gasteiger partial charge in [-0.1, -0.05) is 198 Å². The summed E-state index contributed by atoms with van der Waals surface area (Å²) < 4.78 is 32.8. The molecule has 0 fully saturated rings. The number of allylic oxidation sites excluding steroid dienone is 4. The van der Waals surface area contributed by atoms with E-state index >= 15 is 0 Å². The van der Waals surface area contributed by atoms with Gasteiger partial charge in [0.15, 0.2) is 6.10 Å². The van der Waals surface area contributed by atoms with Gasteiger partial charge in [-0.3, -0.25) is 18.6 Å². The molecule has 0 heterocycles. The zero-order valence-corrected chi connectivity index (χ0v) is 38.0. The van der Waals surface area contributed by atoms with Gasteiger partial charge >= 0.3 is 19.8 Å². The van der Waals surface area contributed by atoms with Gasteiger partial charge in [-0.25, -0.2) is 4.57 Å². The highest BCUT2D eigenvalue weighted by atomic mass is 31.2. The fourth-order valence-electron chi connectivity index (χ4n) is 6.61. The topological polar surface area (TPSA) is 155 Å². The van der Waals surface area contributed by atoms with E-state index in [1.54, 1.807) is 6.08 Å². The average molecular weight is 842 g/mol. The highest BCUT2D eigenvalue weighted by Gasteiger charge is 2.26. The van der Waals surface area contributed by atoms with Crippen LogP contribution >= 0.6 is 7.82 Å². The number of esters is 2. The molecule has 0 saturated heterocycles. The Morgan fingerprint density at radius 3 is 1.59 bits per heavy atom. The van der Waals surface area contributed by atoms with Gasteiger partial charge in [0.05, 0.1) is 19.3 Å². The summed E-state index contributed by atoms with van der Waals surface area (Å²) in [7, 11) is -4.39. The van der Waals surface area contributed by atoms with Crippen molar-refractivity contribution >= 4 is 19.8 Å². The van der Waals surface area contributed by atoms with Crippen LogP contribution in [0.15, 0.2) is 36.5 Å². The molecule has 0 aliphatic rings. The summed E-state index contributed by atoms with van der Waals surface area (Å²) >= 11 is 0. The van der Waals surface area contributed by atoms with E-state index in [1.807, 2.05) is 24.3 Å². The molecule has 11 heteroatoms. The number of aliphatic hydroxyl groups excluding tert-OH is 1. The normalized spacial score (nSPS) is 14.1. The number of unbranched alkanes of at least 4 members (excludes halogenated alkanes) is 25. The first-order valence-corrected chi connectivity index (χ1v) is 25.1. The van der Waals surface area contributed by atoms with Crippen LogP contribution in [0.2, 0.25) is 0 Å². The van der Waals surface area contributed by atoms with Crippen LogP contribution in [0.1, 0.15) is 213 Å². The van der Waals surface area contributed by atoms with E-state index in [9.17, 15) is 24.2 Å². The van der Waals surface area contributed by atoms with E-state index < -0.39 is 38.6 Å². The van der Waals surface area contributed by atoms with E-state index in [2.05, 4.69) is 19.9 Å². The van der Waals surface area contributed by atoms with Crippen LogP contribution in [0.5, 0.6) is 0 Å². The Hall–Kier alpha value is -1.81. The number of hydrogen-bond acceptors (Lipinski definition) is 9. The molecular formula is C47H88NO9P. The van der Waals surface area contributed by atoms with Crippen LogP contribution in [0.3, 0.4) is 0 Å². The van der Waals surface area contributed by atoms with Crippen molar-refractivity contribution in [2.45, 2.75) is 225 Å². The fourth-order valence-corrected chi connectivity index (χ4v) is 7.38. The number of rotatable bonds is 44. The second kappa shape index (κ2) is 43.3. The van der Waals surface area contributed by atoms with Crippen molar-refractivity contribution in [3.8, 4) is 0 Å². The molecule has 0 aliphatic heterocycles. The van der Waals surface area contributed by atoms with Gasteiger partial charge in [0, 0.05) is 19.4 Å². The van der Waals surface area contributed by atoms with Gasteiger partial charge in [-0.2, -0.15) is 0 Å². The molecule has 0 aromatic carbocycles. The largest absolute Gasteiger partial charge is 0.472 e. The highest BCUT2D eigenvalue weighted by Crippen LogP contribution is 2.43. The number of carbonyl (C=O) groups excluding carboxylic acids is 2. The molecule has 2 unspecified atom stereocenters. The molecular weight excluding hydrogens is 753 g/mol. The second-order valence-corrected chi connectivity index (χ2v) is 17.3. The van der Waals surface area contributed by atoms with Gasteiger partial charge in [-0.05, 0) is 38.5 Å². The number of ether oxygens (including phenoxy) is 2. The van der Waals surface area contributed by atoms with Gasteiger partial charge in [0.25, 0.3) is 0 Å². The minimum atomic E-state index is -4.39. The summed E-state index contributed by atoms with van der Waals surface area (Å²) in [5, 5.41) is 9.87. The minimum Gasteiger partial charge on any atom is -0.462 e. The highest BCUT2D eigenvalue weighted by molar-refractivity contribution is 7.47. The molecule has 0 spiro atoms. The maximum Gasteiger partial charge on any atom is 0.472 e. The summed E-state index contributed by atoms with van der Waals surface area (Å²) in [6.45, 7) is 3.51. The number of phosphoric ester groups is 1. The number of phosphoric acid groups is 1.